The zero-order valence-electron chi connectivity index (χ0n) is 19.3. The lowest BCUT2D eigenvalue weighted by Crippen LogP contribution is -2.51. The Morgan fingerprint density at radius 2 is 1.85 bits per heavy atom. The van der Waals surface area contributed by atoms with E-state index < -0.39 is 0 Å². The van der Waals surface area contributed by atoms with Gasteiger partial charge in [-0.05, 0) is 42.8 Å². The van der Waals surface area contributed by atoms with Gasteiger partial charge in [0.15, 0.2) is 11.5 Å². The molecule has 0 saturated carbocycles. The molecule has 9 heteroatoms. The van der Waals surface area contributed by atoms with Crippen molar-refractivity contribution in [2.24, 2.45) is 7.05 Å². The Morgan fingerprint density at radius 1 is 1.09 bits per heavy atom. The number of nitrogens with zero attached hydrogens (tertiary/aromatic N) is 3. The van der Waals surface area contributed by atoms with Gasteiger partial charge in [0, 0.05) is 43.9 Å². The average Bonchev–Trinajstić information content (AvgIpc) is 3.29. The number of carbonyl (C=O) groups excluding carboxylic acids is 2. The summed E-state index contributed by atoms with van der Waals surface area (Å²) in [5, 5.41) is 8.08. The van der Waals surface area contributed by atoms with Crippen LogP contribution in [0.1, 0.15) is 38.7 Å². The predicted molar refractivity (Wildman–Crippen MR) is 129 cm³/mol. The van der Waals surface area contributed by atoms with E-state index in [0.29, 0.717) is 47.2 Å². The van der Waals surface area contributed by atoms with Crippen LogP contribution in [-0.2, 0) is 7.05 Å². The molecule has 1 N–H and O–H groups in total. The number of likely N-dealkylation sites (tertiary alicyclic amines) is 1. The Labute approximate surface area is 203 Å². The van der Waals surface area contributed by atoms with Crippen LogP contribution in [0.25, 0.3) is 0 Å². The molecule has 1 aliphatic heterocycles. The third kappa shape index (κ3) is 4.87. The first-order chi connectivity index (χ1) is 16.4. The maximum absolute atomic E-state index is 13.3. The standard InChI is InChI=1S/C25H27ClN4O4/c1-29-12-10-21(28-29)18-15-30(25(32)16-8-9-22(33-2)23(14-16)34-3)13-11-20(18)27-24(31)17-6-4-5-7-19(17)26/h4-10,12,14,18,20H,11,13,15H2,1-3H3,(H,27,31)/t18-,20+/m1/s1. The van der Waals surface area contributed by atoms with Crippen LogP contribution >= 0.6 is 11.6 Å². The van der Waals surface area contributed by atoms with Gasteiger partial charge in [-0.15, -0.1) is 0 Å². The van der Waals surface area contributed by atoms with Gasteiger partial charge < -0.3 is 19.7 Å². The Hall–Kier alpha value is -3.52. The van der Waals surface area contributed by atoms with Gasteiger partial charge in [0.05, 0.1) is 30.5 Å². The molecule has 0 spiro atoms. The van der Waals surface area contributed by atoms with Crippen molar-refractivity contribution in [3.8, 4) is 11.5 Å². The predicted octanol–water partition coefficient (Wildman–Crippen LogP) is 3.52. The van der Waals surface area contributed by atoms with Gasteiger partial charge in [-0.3, -0.25) is 14.3 Å². The fourth-order valence-corrected chi connectivity index (χ4v) is 4.50. The summed E-state index contributed by atoms with van der Waals surface area (Å²) in [5.41, 5.74) is 1.75. The third-order valence-corrected chi connectivity index (χ3v) is 6.41. The van der Waals surface area contributed by atoms with Crippen LogP contribution in [0.4, 0.5) is 0 Å². The van der Waals surface area contributed by atoms with Crippen LogP contribution in [0.5, 0.6) is 11.5 Å². The van der Waals surface area contributed by atoms with Crippen LogP contribution in [0.3, 0.4) is 0 Å². The number of piperidine rings is 1. The first kappa shape index (κ1) is 23.6. The number of halogens is 1. The summed E-state index contributed by atoms with van der Waals surface area (Å²) in [6.07, 6.45) is 2.44. The maximum atomic E-state index is 13.3. The van der Waals surface area contributed by atoms with Crippen molar-refractivity contribution in [2.75, 3.05) is 27.3 Å². The number of methoxy groups -OCH3 is 2. The lowest BCUT2D eigenvalue weighted by atomic mass is 9.88. The molecule has 0 unspecified atom stereocenters. The number of aromatic nitrogens is 2. The fourth-order valence-electron chi connectivity index (χ4n) is 4.28. The molecule has 2 atom stereocenters. The largest absolute Gasteiger partial charge is 0.493 e. The third-order valence-electron chi connectivity index (χ3n) is 6.08. The first-order valence-electron chi connectivity index (χ1n) is 11.0. The monoisotopic (exact) mass is 482 g/mol. The first-order valence-corrected chi connectivity index (χ1v) is 11.3. The lowest BCUT2D eigenvalue weighted by Gasteiger charge is -2.38. The second-order valence-corrected chi connectivity index (χ2v) is 8.60. The number of amides is 2. The second kappa shape index (κ2) is 10.2. The molecule has 1 fully saturated rings. The molecule has 3 aromatic rings. The Balaban J connectivity index is 1.56. The summed E-state index contributed by atoms with van der Waals surface area (Å²) in [6.45, 7) is 0.904. The number of hydrogen-bond acceptors (Lipinski definition) is 5. The van der Waals surface area contributed by atoms with E-state index in [1.807, 2.05) is 19.3 Å². The van der Waals surface area contributed by atoms with Gasteiger partial charge in [-0.1, -0.05) is 23.7 Å². The normalized spacial score (nSPS) is 17.8. The minimum Gasteiger partial charge on any atom is -0.493 e. The van der Waals surface area contributed by atoms with Crippen LogP contribution in [0.15, 0.2) is 54.7 Å². The van der Waals surface area contributed by atoms with E-state index in [1.54, 1.807) is 59.2 Å². The van der Waals surface area contributed by atoms with E-state index in [9.17, 15) is 9.59 Å². The van der Waals surface area contributed by atoms with Crippen molar-refractivity contribution >= 4 is 23.4 Å². The summed E-state index contributed by atoms with van der Waals surface area (Å²) in [7, 11) is 4.94. The van der Waals surface area contributed by atoms with Gasteiger partial charge in [0.2, 0.25) is 0 Å². The number of rotatable bonds is 6. The van der Waals surface area contributed by atoms with Crippen molar-refractivity contribution in [3.05, 3.63) is 76.6 Å². The van der Waals surface area contributed by atoms with Crippen molar-refractivity contribution in [1.82, 2.24) is 20.0 Å². The molecular weight excluding hydrogens is 456 g/mol. The number of ether oxygens (including phenoxy) is 2. The molecular formula is C25H27ClN4O4. The zero-order valence-corrected chi connectivity index (χ0v) is 20.1. The number of aryl methyl sites for hydroxylation is 1. The summed E-state index contributed by atoms with van der Waals surface area (Å²) in [5.74, 6) is 0.530. The zero-order chi connectivity index (χ0) is 24.2. The van der Waals surface area contributed by atoms with Crippen molar-refractivity contribution in [1.29, 1.82) is 0 Å². The second-order valence-electron chi connectivity index (χ2n) is 8.19. The molecule has 0 bridgehead atoms. The topological polar surface area (TPSA) is 85.7 Å². The van der Waals surface area contributed by atoms with E-state index >= 15 is 0 Å². The molecule has 2 heterocycles. The lowest BCUT2D eigenvalue weighted by molar-refractivity contribution is 0.0669. The maximum Gasteiger partial charge on any atom is 0.254 e. The van der Waals surface area contributed by atoms with Crippen LogP contribution in [-0.4, -0.2) is 59.8 Å². The molecule has 178 valence electrons. The van der Waals surface area contributed by atoms with Crippen LogP contribution in [0.2, 0.25) is 5.02 Å². The molecule has 0 aliphatic carbocycles. The smallest absolute Gasteiger partial charge is 0.254 e. The SMILES string of the molecule is COc1ccc(C(=O)N2CC[C@H](NC(=O)c3ccccc3Cl)[C@H](c3ccn(C)n3)C2)cc1OC. The van der Waals surface area contributed by atoms with E-state index in [4.69, 9.17) is 21.1 Å². The number of nitrogens with one attached hydrogen (secondary N) is 1. The van der Waals surface area contributed by atoms with E-state index in [0.717, 1.165) is 5.69 Å². The number of carbonyl (C=O) groups is 2. The molecule has 1 aliphatic rings. The van der Waals surface area contributed by atoms with Gasteiger partial charge >= 0.3 is 0 Å². The molecule has 1 aromatic heterocycles. The Kier molecular flexibility index (Phi) is 7.07. The minimum atomic E-state index is -0.240. The van der Waals surface area contributed by atoms with Gasteiger partial charge in [0.25, 0.3) is 11.8 Å². The highest BCUT2D eigenvalue weighted by atomic mass is 35.5. The average molecular weight is 483 g/mol. The van der Waals surface area contributed by atoms with Gasteiger partial charge in [0.1, 0.15) is 0 Å². The molecule has 1 saturated heterocycles. The molecule has 2 aromatic carbocycles. The molecule has 4 rings (SSSR count). The van der Waals surface area contributed by atoms with Gasteiger partial charge in [-0.25, -0.2) is 0 Å². The Morgan fingerprint density at radius 3 is 2.53 bits per heavy atom. The van der Waals surface area contributed by atoms with E-state index in [1.165, 1.54) is 7.11 Å². The Bertz CT molecular complexity index is 1200. The van der Waals surface area contributed by atoms with Crippen molar-refractivity contribution in [2.45, 2.75) is 18.4 Å². The highest BCUT2D eigenvalue weighted by Crippen LogP contribution is 2.31. The van der Waals surface area contributed by atoms with E-state index in [-0.39, 0.29) is 23.8 Å². The number of hydrogen-bond donors (Lipinski definition) is 1. The molecule has 0 radical (unpaired) electrons. The van der Waals surface area contributed by atoms with Crippen molar-refractivity contribution < 1.29 is 19.1 Å². The molecule has 34 heavy (non-hydrogen) atoms. The number of benzene rings is 2. The van der Waals surface area contributed by atoms with Crippen molar-refractivity contribution in [3.63, 3.8) is 0 Å². The molecule has 8 nitrogen and oxygen atoms in total. The van der Waals surface area contributed by atoms with Gasteiger partial charge in [-0.2, -0.15) is 5.10 Å². The van der Waals surface area contributed by atoms with E-state index in [2.05, 4.69) is 10.4 Å². The highest BCUT2D eigenvalue weighted by Gasteiger charge is 2.35. The summed E-state index contributed by atoms with van der Waals surface area (Å²) in [4.78, 5) is 28.1. The summed E-state index contributed by atoms with van der Waals surface area (Å²) >= 11 is 6.22. The minimum absolute atomic E-state index is 0.113. The van der Waals surface area contributed by atoms with Crippen LogP contribution in [0, 0.1) is 0 Å². The van der Waals surface area contributed by atoms with Crippen LogP contribution < -0.4 is 14.8 Å². The summed E-state index contributed by atoms with van der Waals surface area (Å²) in [6, 6.07) is 13.8. The fraction of sp³-hybridized carbons (Fsp3) is 0.320. The molecule has 2 amide bonds. The highest BCUT2D eigenvalue weighted by molar-refractivity contribution is 6.33. The summed E-state index contributed by atoms with van der Waals surface area (Å²) < 4.78 is 12.4. The quantitative estimate of drug-likeness (QED) is 0.581.